The summed E-state index contributed by atoms with van der Waals surface area (Å²) in [5.74, 6) is 0.947. The predicted octanol–water partition coefficient (Wildman–Crippen LogP) is 2.50. The molecule has 1 heterocycles. The number of hydrogen-bond donors (Lipinski definition) is 1. The van der Waals surface area contributed by atoms with Crippen molar-refractivity contribution in [1.29, 1.82) is 0 Å². The van der Waals surface area contributed by atoms with Crippen LogP contribution in [0, 0.1) is 11.3 Å². The van der Waals surface area contributed by atoms with Gasteiger partial charge in [0.2, 0.25) is 0 Å². The highest BCUT2D eigenvalue weighted by molar-refractivity contribution is 4.86. The van der Waals surface area contributed by atoms with Gasteiger partial charge in [-0.05, 0) is 63.6 Å². The Morgan fingerprint density at radius 1 is 1.25 bits per heavy atom. The zero-order chi connectivity index (χ0) is 11.6. The van der Waals surface area contributed by atoms with E-state index in [0.717, 1.165) is 12.0 Å². The van der Waals surface area contributed by atoms with Gasteiger partial charge in [0.25, 0.3) is 0 Å². The summed E-state index contributed by atoms with van der Waals surface area (Å²) in [4.78, 5) is 2.46. The number of piperidine rings is 1. The first-order valence-corrected chi connectivity index (χ1v) is 6.99. The zero-order valence-corrected chi connectivity index (χ0v) is 11.3. The number of hydrogen-bond acceptors (Lipinski definition) is 2. The Morgan fingerprint density at radius 2 is 1.94 bits per heavy atom. The van der Waals surface area contributed by atoms with Crippen molar-refractivity contribution in [2.24, 2.45) is 11.3 Å². The molecule has 2 rings (SSSR count). The summed E-state index contributed by atoms with van der Waals surface area (Å²) < 4.78 is 0. The van der Waals surface area contributed by atoms with Crippen LogP contribution in [0.2, 0.25) is 0 Å². The second kappa shape index (κ2) is 5.05. The first-order valence-electron chi connectivity index (χ1n) is 6.99. The summed E-state index contributed by atoms with van der Waals surface area (Å²) in [6.07, 6.45) is 6.95. The van der Waals surface area contributed by atoms with Crippen molar-refractivity contribution in [1.82, 2.24) is 10.2 Å². The molecular formula is C14H28N2. The zero-order valence-electron chi connectivity index (χ0n) is 11.3. The van der Waals surface area contributed by atoms with Gasteiger partial charge in [-0.2, -0.15) is 0 Å². The quantitative estimate of drug-likeness (QED) is 0.792. The van der Waals surface area contributed by atoms with E-state index in [1.54, 1.807) is 0 Å². The number of rotatable bonds is 3. The first-order chi connectivity index (χ1) is 7.57. The number of nitrogens with zero attached hydrogens (tertiary/aromatic N) is 1. The van der Waals surface area contributed by atoms with E-state index in [0.29, 0.717) is 5.41 Å². The van der Waals surface area contributed by atoms with Crippen LogP contribution in [-0.4, -0.2) is 37.6 Å². The third kappa shape index (κ3) is 3.21. The second-order valence-corrected chi connectivity index (χ2v) is 6.61. The van der Waals surface area contributed by atoms with Gasteiger partial charge >= 0.3 is 0 Å². The summed E-state index contributed by atoms with van der Waals surface area (Å²) in [5, 5.41) is 3.82. The van der Waals surface area contributed by atoms with Gasteiger partial charge in [0.1, 0.15) is 0 Å². The van der Waals surface area contributed by atoms with E-state index in [-0.39, 0.29) is 0 Å². The highest BCUT2D eigenvalue weighted by atomic mass is 15.1. The fraction of sp³-hybridized carbons (Fsp3) is 1.00. The van der Waals surface area contributed by atoms with Crippen LogP contribution in [0.25, 0.3) is 0 Å². The minimum absolute atomic E-state index is 0.554. The minimum atomic E-state index is 0.554. The minimum Gasteiger partial charge on any atom is -0.313 e. The van der Waals surface area contributed by atoms with Crippen LogP contribution in [-0.2, 0) is 0 Å². The van der Waals surface area contributed by atoms with E-state index < -0.39 is 0 Å². The van der Waals surface area contributed by atoms with Gasteiger partial charge in [0.05, 0.1) is 0 Å². The third-order valence-corrected chi connectivity index (χ3v) is 4.71. The fourth-order valence-electron chi connectivity index (χ4n) is 3.12. The van der Waals surface area contributed by atoms with Crippen molar-refractivity contribution >= 4 is 0 Å². The Bertz CT molecular complexity index is 219. The Hall–Kier alpha value is -0.0800. The largest absolute Gasteiger partial charge is 0.313 e. The molecule has 0 spiro atoms. The van der Waals surface area contributed by atoms with Crippen molar-refractivity contribution in [3.8, 4) is 0 Å². The van der Waals surface area contributed by atoms with E-state index in [9.17, 15) is 0 Å². The molecule has 0 aromatic carbocycles. The molecule has 1 aliphatic heterocycles. The Kier molecular flexibility index (Phi) is 3.91. The van der Waals surface area contributed by atoms with Crippen LogP contribution < -0.4 is 5.32 Å². The molecule has 0 bridgehead atoms. The number of likely N-dealkylation sites (tertiary alicyclic amines) is 1. The normalized spacial score (nSPS) is 35.4. The molecule has 0 amide bonds. The number of nitrogens with one attached hydrogen (secondary N) is 1. The van der Waals surface area contributed by atoms with Gasteiger partial charge in [-0.25, -0.2) is 0 Å². The summed E-state index contributed by atoms with van der Waals surface area (Å²) >= 11 is 0. The topological polar surface area (TPSA) is 15.3 Å². The van der Waals surface area contributed by atoms with Crippen molar-refractivity contribution in [2.45, 2.75) is 52.0 Å². The van der Waals surface area contributed by atoms with Crippen LogP contribution in [0.4, 0.5) is 0 Å². The molecule has 94 valence electrons. The second-order valence-electron chi connectivity index (χ2n) is 6.61. The SMILES string of the molecule is CC1CCC(NCC2(C)CCN(C)CC2)C1. The Morgan fingerprint density at radius 3 is 2.50 bits per heavy atom. The lowest BCUT2D eigenvalue weighted by molar-refractivity contribution is 0.133. The molecule has 2 fully saturated rings. The average Bonchev–Trinajstić information content (AvgIpc) is 2.67. The van der Waals surface area contributed by atoms with Crippen LogP contribution in [0.1, 0.15) is 46.0 Å². The van der Waals surface area contributed by atoms with Crippen molar-refractivity contribution in [3.05, 3.63) is 0 Å². The van der Waals surface area contributed by atoms with E-state index in [1.807, 2.05) is 0 Å². The molecule has 2 aliphatic rings. The molecule has 0 aromatic rings. The fourth-order valence-corrected chi connectivity index (χ4v) is 3.12. The van der Waals surface area contributed by atoms with E-state index in [2.05, 4.69) is 31.1 Å². The van der Waals surface area contributed by atoms with E-state index >= 15 is 0 Å². The van der Waals surface area contributed by atoms with Gasteiger partial charge in [0.15, 0.2) is 0 Å². The summed E-state index contributed by atoms with van der Waals surface area (Å²) in [5.41, 5.74) is 0.554. The Balaban J connectivity index is 1.72. The molecule has 2 unspecified atom stereocenters. The van der Waals surface area contributed by atoms with Crippen molar-refractivity contribution < 1.29 is 0 Å². The highest BCUT2D eigenvalue weighted by Crippen LogP contribution is 2.31. The average molecular weight is 224 g/mol. The summed E-state index contributed by atoms with van der Waals surface area (Å²) in [6, 6.07) is 0.812. The lowest BCUT2D eigenvalue weighted by Crippen LogP contribution is -2.44. The van der Waals surface area contributed by atoms with Gasteiger partial charge in [-0.1, -0.05) is 13.8 Å². The lowest BCUT2D eigenvalue weighted by atomic mass is 9.80. The van der Waals surface area contributed by atoms with Gasteiger partial charge < -0.3 is 10.2 Å². The maximum atomic E-state index is 3.82. The molecule has 0 aromatic heterocycles. The first kappa shape index (κ1) is 12.4. The molecular weight excluding hydrogens is 196 g/mol. The molecule has 0 radical (unpaired) electrons. The summed E-state index contributed by atoms with van der Waals surface area (Å²) in [7, 11) is 2.24. The van der Waals surface area contributed by atoms with Crippen LogP contribution in [0.3, 0.4) is 0 Å². The maximum absolute atomic E-state index is 3.82. The van der Waals surface area contributed by atoms with E-state index in [1.165, 1.54) is 51.7 Å². The molecule has 2 nitrogen and oxygen atoms in total. The standard InChI is InChI=1S/C14H28N2/c1-12-4-5-13(10-12)15-11-14(2)6-8-16(3)9-7-14/h12-13,15H,4-11H2,1-3H3. The molecule has 2 atom stereocenters. The van der Waals surface area contributed by atoms with Crippen molar-refractivity contribution in [2.75, 3.05) is 26.7 Å². The van der Waals surface area contributed by atoms with Crippen LogP contribution in [0.15, 0.2) is 0 Å². The lowest BCUT2D eigenvalue weighted by Gasteiger charge is -2.38. The molecule has 1 saturated heterocycles. The van der Waals surface area contributed by atoms with Crippen LogP contribution >= 0.6 is 0 Å². The van der Waals surface area contributed by atoms with Crippen molar-refractivity contribution in [3.63, 3.8) is 0 Å². The van der Waals surface area contributed by atoms with Gasteiger partial charge in [-0.15, -0.1) is 0 Å². The smallest absolute Gasteiger partial charge is 0.00699 e. The van der Waals surface area contributed by atoms with Gasteiger partial charge in [0, 0.05) is 12.6 Å². The molecule has 1 aliphatic carbocycles. The highest BCUT2D eigenvalue weighted by Gasteiger charge is 2.30. The maximum Gasteiger partial charge on any atom is 0.00699 e. The van der Waals surface area contributed by atoms with Gasteiger partial charge in [-0.3, -0.25) is 0 Å². The third-order valence-electron chi connectivity index (χ3n) is 4.71. The van der Waals surface area contributed by atoms with Crippen LogP contribution in [0.5, 0.6) is 0 Å². The molecule has 16 heavy (non-hydrogen) atoms. The molecule has 1 N–H and O–H groups in total. The van der Waals surface area contributed by atoms with E-state index in [4.69, 9.17) is 0 Å². The summed E-state index contributed by atoms with van der Waals surface area (Å²) in [6.45, 7) is 8.64. The molecule has 1 saturated carbocycles. The Labute approximate surface area is 101 Å². The predicted molar refractivity (Wildman–Crippen MR) is 69.6 cm³/mol. The molecule has 2 heteroatoms. The monoisotopic (exact) mass is 224 g/mol.